The lowest BCUT2D eigenvalue weighted by molar-refractivity contribution is -0.131. The van der Waals surface area contributed by atoms with Crippen LogP contribution in [0.2, 0.25) is 0 Å². The maximum Gasteiger partial charge on any atom is 0.227 e. The Balaban J connectivity index is 2.74. The summed E-state index contributed by atoms with van der Waals surface area (Å²) in [6, 6.07) is 6.17. The lowest BCUT2D eigenvalue weighted by Gasteiger charge is -2.22. The van der Waals surface area contributed by atoms with Crippen molar-refractivity contribution < 1.29 is 9.53 Å². The molecule has 21 heavy (non-hydrogen) atoms. The first-order valence-electron chi connectivity index (χ1n) is 7.05. The highest BCUT2D eigenvalue weighted by molar-refractivity contribution is 7.80. The number of ether oxygens (including phenoxy) is 1. The Hall–Kier alpha value is -1.46. The predicted molar refractivity (Wildman–Crippen MR) is 89.5 cm³/mol. The fourth-order valence-electron chi connectivity index (χ4n) is 2.07. The molecule has 0 bridgehead atoms. The first kappa shape index (κ1) is 17.6. The second-order valence-corrected chi connectivity index (χ2v) is 5.72. The van der Waals surface area contributed by atoms with Crippen molar-refractivity contribution >= 4 is 23.1 Å². The molecule has 0 heterocycles. The van der Waals surface area contributed by atoms with Gasteiger partial charge in [0.15, 0.2) is 0 Å². The molecule has 0 saturated carbocycles. The Morgan fingerprint density at radius 2 is 2.05 bits per heavy atom. The van der Waals surface area contributed by atoms with E-state index in [-0.39, 0.29) is 5.91 Å². The number of nitrogens with zero attached hydrogens (tertiary/aromatic N) is 1. The van der Waals surface area contributed by atoms with Crippen molar-refractivity contribution in [3.8, 4) is 0 Å². The number of nitrogens with two attached hydrogens (primary N) is 1. The van der Waals surface area contributed by atoms with Crippen molar-refractivity contribution in [1.29, 1.82) is 0 Å². The van der Waals surface area contributed by atoms with Gasteiger partial charge in [-0.05, 0) is 25.0 Å². The Kier molecular flexibility index (Phi) is 7.32. The van der Waals surface area contributed by atoms with E-state index in [4.69, 9.17) is 22.7 Å². The number of aryl methyl sites for hydroxylation is 2. The molecule has 1 rings (SSSR count). The van der Waals surface area contributed by atoms with E-state index in [1.54, 1.807) is 12.0 Å². The third-order valence-corrected chi connectivity index (χ3v) is 3.60. The van der Waals surface area contributed by atoms with E-state index in [9.17, 15) is 4.79 Å². The molecule has 0 aromatic heterocycles. The molecule has 2 N–H and O–H groups in total. The van der Waals surface area contributed by atoms with Crippen molar-refractivity contribution in [2.24, 2.45) is 5.73 Å². The molecule has 116 valence electrons. The van der Waals surface area contributed by atoms with E-state index in [2.05, 4.69) is 12.1 Å². The third kappa shape index (κ3) is 6.23. The normalized spacial score (nSPS) is 10.4. The number of carbonyl (C=O) groups is 1. The number of amides is 1. The van der Waals surface area contributed by atoms with Crippen molar-refractivity contribution in [2.45, 2.75) is 26.7 Å². The second kappa shape index (κ2) is 8.74. The van der Waals surface area contributed by atoms with Crippen LogP contribution < -0.4 is 5.73 Å². The summed E-state index contributed by atoms with van der Waals surface area (Å²) in [5, 5.41) is 0. The molecule has 0 radical (unpaired) electrons. The van der Waals surface area contributed by atoms with Gasteiger partial charge in [0, 0.05) is 26.6 Å². The van der Waals surface area contributed by atoms with Crippen molar-refractivity contribution in [2.75, 3.05) is 26.8 Å². The molecule has 0 fully saturated rings. The summed E-state index contributed by atoms with van der Waals surface area (Å²) in [6.45, 7) is 5.67. The maximum absolute atomic E-state index is 12.5. The van der Waals surface area contributed by atoms with E-state index >= 15 is 0 Å². The molecular formula is C16H24N2O2S. The van der Waals surface area contributed by atoms with Gasteiger partial charge < -0.3 is 15.4 Å². The van der Waals surface area contributed by atoms with Crippen LogP contribution in [0.1, 0.15) is 23.1 Å². The molecule has 0 atom stereocenters. The van der Waals surface area contributed by atoms with Crippen molar-refractivity contribution in [3.05, 3.63) is 34.9 Å². The van der Waals surface area contributed by atoms with Gasteiger partial charge >= 0.3 is 0 Å². The first-order valence-corrected chi connectivity index (χ1v) is 7.46. The Bertz CT molecular complexity index is 503. The molecule has 5 heteroatoms. The zero-order chi connectivity index (χ0) is 15.8. The number of hydrogen-bond donors (Lipinski definition) is 1. The average molecular weight is 308 g/mol. The van der Waals surface area contributed by atoms with Crippen LogP contribution in [-0.2, 0) is 16.0 Å². The van der Waals surface area contributed by atoms with Gasteiger partial charge in [-0.15, -0.1) is 0 Å². The first-order chi connectivity index (χ1) is 9.93. The minimum atomic E-state index is 0.0806. The standard InChI is InChI=1S/C16H24N2O2S/c1-12-4-5-13(2)14(10-12)11-16(19)18(8-9-20-3)7-6-15(17)21/h4-5,10H,6-9,11H2,1-3H3,(H2,17,21). The van der Waals surface area contributed by atoms with Crippen LogP contribution in [0.5, 0.6) is 0 Å². The van der Waals surface area contributed by atoms with Crippen LogP contribution in [0.25, 0.3) is 0 Å². The summed E-state index contributed by atoms with van der Waals surface area (Å²) in [6.07, 6.45) is 0.937. The van der Waals surface area contributed by atoms with Gasteiger partial charge in [-0.1, -0.05) is 36.0 Å². The van der Waals surface area contributed by atoms with Gasteiger partial charge in [-0.3, -0.25) is 4.79 Å². The average Bonchev–Trinajstić information content (AvgIpc) is 2.42. The van der Waals surface area contributed by atoms with E-state index in [1.807, 2.05) is 19.9 Å². The van der Waals surface area contributed by atoms with E-state index < -0.39 is 0 Å². The Morgan fingerprint density at radius 3 is 2.67 bits per heavy atom. The third-order valence-electron chi connectivity index (χ3n) is 3.39. The number of rotatable bonds is 8. The van der Waals surface area contributed by atoms with Crippen LogP contribution in [0.4, 0.5) is 0 Å². The Labute approximate surface area is 132 Å². The SMILES string of the molecule is COCCN(CCC(N)=S)C(=O)Cc1cc(C)ccc1C. The highest BCUT2D eigenvalue weighted by Gasteiger charge is 2.15. The largest absolute Gasteiger partial charge is 0.393 e. The number of methoxy groups -OCH3 is 1. The molecule has 0 aliphatic rings. The summed E-state index contributed by atoms with van der Waals surface area (Å²) in [5.74, 6) is 0.0806. The number of benzene rings is 1. The van der Waals surface area contributed by atoms with Crippen LogP contribution in [-0.4, -0.2) is 42.6 Å². The van der Waals surface area contributed by atoms with Gasteiger partial charge in [-0.2, -0.15) is 0 Å². The topological polar surface area (TPSA) is 55.6 Å². The number of thiocarbonyl (C=S) groups is 1. The summed E-state index contributed by atoms with van der Waals surface area (Å²) >= 11 is 4.89. The molecule has 1 aromatic carbocycles. The molecule has 0 saturated heterocycles. The van der Waals surface area contributed by atoms with Crippen molar-refractivity contribution in [3.63, 3.8) is 0 Å². The minimum Gasteiger partial charge on any atom is -0.393 e. The van der Waals surface area contributed by atoms with Crippen LogP contribution in [0, 0.1) is 13.8 Å². The highest BCUT2D eigenvalue weighted by Crippen LogP contribution is 2.12. The summed E-state index contributed by atoms with van der Waals surface area (Å²) in [7, 11) is 1.63. The summed E-state index contributed by atoms with van der Waals surface area (Å²) in [5.41, 5.74) is 8.89. The molecule has 0 aliphatic carbocycles. The molecular weight excluding hydrogens is 284 g/mol. The molecule has 0 spiro atoms. The molecule has 1 amide bonds. The van der Waals surface area contributed by atoms with Gasteiger partial charge in [0.25, 0.3) is 0 Å². The van der Waals surface area contributed by atoms with Gasteiger partial charge in [0.05, 0.1) is 18.0 Å². The quantitative estimate of drug-likeness (QED) is 0.746. The summed E-state index contributed by atoms with van der Waals surface area (Å²) < 4.78 is 5.06. The lowest BCUT2D eigenvalue weighted by Crippen LogP contribution is -2.37. The van der Waals surface area contributed by atoms with Crippen LogP contribution >= 0.6 is 12.2 Å². The fraction of sp³-hybridized carbons (Fsp3) is 0.500. The van der Waals surface area contributed by atoms with Gasteiger partial charge in [0.1, 0.15) is 0 Å². The monoisotopic (exact) mass is 308 g/mol. The molecule has 0 aliphatic heterocycles. The predicted octanol–water partition coefficient (Wildman–Crippen LogP) is 2.00. The number of carbonyl (C=O) groups excluding carboxylic acids is 1. The van der Waals surface area contributed by atoms with E-state index in [1.165, 1.54) is 0 Å². The Morgan fingerprint density at radius 1 is 1.33 bits per heavy atom. The smallest absolute Gasteiger partial charge is 0.227 e. The summed E-state index contributed by atoms with van der Waals surface area (Å²) in [4.78, 5) is 14.7. The van der Waals surface area contributed by atoms with Crippen LogP contribution in [0.3, 0.4) is 0 Å². The van der Waals surface area contributed by atoms with E-state index in [0.717, 1.165) is 16.7 Å². The van der Waals surface area contributed by atoms with Gasteiger partial charge in [-0.25, -0.2) is 0 Å². The lowest BCUT2D eigenvalue weighted by atomic mass is 10.0. The highest BCUT2D eigenvalue weighted by atomic mass is 32.1. The molecule has 0 unspecified atom stereocenters. The van der Waals surface area contributed by atoms with Gasteiger partial charge in [0.2, 0.25) is 5.91 Å². The van der Waals surface area contributed by atoms with E-state index in [0.29, 0.717) is 37.5 Å². The maximum atomic E-state index is 12.5. The molecule has 4 nitrogen and oxygen atoms in total. The zero-order valence-electron chi connectivity index (χ0n) is 13.0. The minimum absolute atomic E-state index is 0.0806. The second-order valence-electron chi connectivity index (χ2n) is 5.20. The fourth-order valence-corrected chi connectivity index (χ4v) is 2.16. The molecule has 1 aromatic rings. The van der Waals surface area contributed by atoms with Crippen LogP contribution in [0.15, 0.2) is 18.2 Å². The van der Waals surface area contributed by atoms with Crippen molar-refractivity contribution in [1.82, 2.24) is 4.90 Å². The zero-order valence-corrected chi connectivity index (χ0v) is 13.8. The number of hydrogen-bond acceptors (Lipinski definition) is 3.